The van der Waals surface area contributed by atoms with Crippen molar-refractivity contribution < 1.29 is 36.2 Å². The molecule has 190 valence electrons. The van der Waals surface area contributed by atoms with Gasteiger partial charge in [0.1, 0.15) is 23.7 Å². The van der Waals surface area contributed by atoms with Crippen LogP contribution in [0.5, 0.6) is 5.75 Å². The molecule has 1 heterocycles. The van der Waals surface area contributed by atoms with E-state index in [-0.39, 0.29) is 16.9 Å². The number of allylic oxidation sites excluding steroid dienone is 3. The number of aliphatic hydroxyl groups is 1. The molecule has 0 radical (unpaired) electrons. The molecule has 0 bridgehead atoms. The van der Waals surface area contributed by atoms with Crippen LogP contribution in [0.1, 0.15) is 11.1 Å². The van der Waals surface area contributed by atoms with Crippen molar-refractivity contribution in [3.05, 3.63) is 102 Å². The van der Waals surface area contributed by atoms with E-state index < -0.39 is 47.5 Å². The minimum atomic E-state index is -4.26. The van der Waals surface area contributed by atoms with Crippen LogP contribution in [0, 0.1) is 11.6 Å². The summed E-state index contributed by atoms with van der Waals surface area (Å²) in [4.78, 5) is 0. The molecule has 7 nitrogen and oxygen atoms in total. The Labute approximate surface area is 200 Å². The molecular weight excluding hydrogens is 492 g/mol. The summed E-state index contributed by atoms with van der Waals surface area (Å²) in [5.41, 5.74) is 0.718. The molecule has 0 aliphatic carbocycles. The second-order valence-electron chi connectivity index (χ2n) is 7.45. The van der Waals surface area contributed by atoms with E-state index in [0.717, 1.165) is 29.4 Å². The lowest BCUT2D eigenvalue weighted by Gasteiger charge is -2.36. The Morgan fingerprint density at radius 1 is 1.17 bits per heavy atom. The summed E-state index contributed by atoms with van der Waals surface area (Å²) >= 11 is 0. The Morgan fingerprint density at radius 2 is 1.92 bits per heavy atom. The Kier molecular flexibility index (Phi) is 7.83. The number of tetrazole rings is 1. The van der Waals surface area contributed by atoms with Crippen LogP contribution in [0.4, 0.5) is 26.3 Å². The van der Waals surface area contributed by atoms with E-state index in [1.807, 2.05) is 0 Å². The molecule has 0 saturated heterocycles. The van der Waals surface area contributed by atoms with Gasteiger partial charge in [0.25, 0.3) is 0 Å². The number of nitrogens with two attached hydrogens (primary N) is 1. The Balaban J connectivity index is 1.97. The predicted octanol–water partition coefficient (Wildman–Crippen LogP) is 4.19. The summed E-state index contributed by atoms with van der Waals surface area (Å²) in [7, 11) is 0. The van der Waals surface area contributed by atoms with E-state index in [2.05, 4.69) is 26.8 Å². The number of hydrogen-bond acceptors (Lipinski definition) is 6. The molecule has 36 heavy (non-hydrogen) atoms. The van der Waals surface area contributed by atoms with Crippen LogP contribution >= 0.6 is 0 Å². The van der Waals surface area contributed by atoms with E-state index in [9.17, 15) is 22.7 Å². The lowest BCUT2D eigenvalue weighted by Crippen LogP contribution is -2.50. The Bertz CT molecular complexity index is 1280. The highest BCUT2D eigenvalue weighted by molar-refractivity contribution is 5.75. The zero-order chi connectivity index (χ0) is 26.5. The van der Waals surface area contributed by atoms with Gasteiger partial charge in [-0.2, -0.15) is 17.6 Å². The third kappa shape index (κ3) is 5.57. The maximum Gasteiger partial charge on any atom is 0.387 e. The van der Waals surface area contributed by atoms with Crippen molar-refractivity contribution >= 4 is 5.57 Å². The van der Waals surface area contributed by atoms with Gasteiger partial charge in [0.15, 0.2) is 5.60 Å². The van der Waals surface area contributed by atoms with Gasteiger partial charge in [-0.15, -0.1) is 5.10 Å². The van der Waals surface area contributed by atoms with E-state index >= 15 is 8.78 Å². The standard InChI is InChI=1S/C23H19F6N5O2/c1-14(5-6-16(11-30)15-3-2-4-18(9-15)36-21(26)27)23(28,29)22(35,12-34-13-31-32-33-34)19-8-7-17(24)10-20(19)25/h2-11,13,21,35H,1,12,30H2/b6-5-,16-11+. The summed E-state index contributed by atoms with van der Waals surface area (Å²) < 4.78 is 89.4. The molecule has 0 amide bonds. The SMILES string of the molecule is C=C(/C=C\C(=C/N)c1cccc(OC(F)F)c1)C(F)(F)C(O)(Cn1cnnn1)c1ccc(F)cc1F. The van der Waals surface area contributed by atoms with Gasteiger partial charge in [0.2, 0.25) is 0 Å². The van der Waals surface area contributed by atoms with Gasteiger partial charge in [0.05, 0.1) is 6.54 Å². The number of ether oxygens (including phenoxy) is 1. The minimum Gasteiger partial charge on any atom is -0.435 e. The summed E-state index contributed by atoms with van der Waals surface area (Å²) in [5.74, 6) is -6.92. The molecule has 1 aromatic heterocycles. The van der Waals surface area contributed by atoms with Gasteiger partial charge < -0.3 is 15.6 Å². The third-order valence-corrected chi connectivity index (χ3v) is 5.12. The second-order valence-corrected chi connectivity index (χ2v) is 7.45. The molecule has 1 unspecified atom stereocenters. The van der Waals surface area contributed by atoms with Gasteiger partial charge in [-0.05, 0) is 45.8 Å². The zero-order valence-corrected chi connectivity index (χ0v) is 18.3. The van der Waals surface area contributed by atoms with Crippen LogP contribution in [0.3, 0.4) is 0 Å². The summed E-state index contributed by atoms with van der Waals surface area (Å²) in [6, 6.07) is 7.05. The first kappa shape index (κ1) is 26.5. The highest BCUT2D eigenvalue weighted by Gasteiger charge is 2.57. The van der Waals surface area contributed by atoms with E-state index in [4.69, 9.17) is 5.73 Å². The van der Waals surface area contributed by atoms with E-state index in [0.29, 0.717) is 18.2 Å². The molecule has 13 heteroatoms. The van der Waals surface area contributed by atoms with Crippen molar-refractivity contribution in [3.63, 3.8) is 0 Å². The number of hydrogen-bond donors (Lipinski definition) is 2. The average Bonchev–Trinajstić information content (AvgIpc) is 3.31. The van der Waals surface area contributed by atoms with Gasteiger partial charge in [-0.3, -0.25) is 0 Å². The van der Waals surface area contributed by atoms with Gasteiger partial charge in [-0.25, -0.2) is 13.5 Å². The first-order valence-electron chi connectivity index (χ1n) is 10.1. The fourth-order valence-corrected chi connectivity index (χ4v) is 3.33. The fraction of sp³-hybridized carbons (Fsp3) is 0.174. The van der Waals surface area contributed by atoms with Crippen LogP contribution in [-0.4, -0.2) is 37.8 Å². The number of nitrogens with zero attached hydrogens (tertiary/aromatic N) is 4. The monoisotopic (exact) mass is 511 g/mol. The van der Waals surface area contributed by atoms with Crippen molar-refractivity contribution in [2.45, 2.75) is 24.7 Å². The third-order valence-electron chi connectivity index (χ3n) is 5.12. The molecule has 0 fully saturated rings. The van der Waals surface area contributed by atoms with Crippen molar-refractivity contribution in [3.8, 4) is 5.75 Å². The fourth-order valence-electron chi connectivity index (χ4n) is 3.33. The van der Waals surface area contributed by atoms with Gasteiger partial charge in [-0.1, -0.05) is 30.9 Å². The normalized spacial score (nSPS) is 14.3. The summed E-state index contributed by atoms with van der Waals surface area (Å²) in [6.07, 6.45) is 3.85. The molecule has 0 aliphatic heterocycles. The Morgan fingerprint density at radius 3 is 2.53 bits per heavy atom. The number of aromatic nitrogens is 4. The maximum absolute atomic E-state index is 15.7. The summed E-state index contributed by atoms with van der Waals surface area (Å²) in [5, 5.41) is 21.2. The largest absolute Gasteiger partial charge is 0.435 e. The van der Waals surface area contributed by atoms with Crippen LogP contribution in [0.2, 0.25) is 0 Å². The number of halogens is 6. The number of benzene rings is 2. The van der Waals surface area contributed by atoms with Crippen molar-refractivity contribution in [2.24, 2.45) is 5.73 Å². The molecule has 2 aromatic carbocycles. The first-order chi connectivity index (χ1) is 17.0. The molecular formula is C23H19F6N5O2. The molecule has 0 aliphatic rings. The predicted molar refractivity (Wildman–Crippen MR) is 117 cm³/mol. The van der Waals surface area contributed by atoms with Crippen LogP contribution in [0.25, 0.3) is 5.57 Å². The minimum absolute atomic E-state index is 0.114. The van der Waals surface area contributed by atoms with Crippen molar-refractivity contribution in [1.82, 2.24) is 20.2 Å². The number of alkyl halides is 4. The van der Waals surface area contributed by atoms with Crippen LogP contribution in [-0.2, 0) is 12.1 Å². The quantitative estimate of drug-likeness (QED) is 0.313. The maximum atomic E-state index is 15.7. The highest BCUT2D eigenvalue weighted by atomic mass is 19.3. The highest BCUT2D eigenvalue weighted by Crippen LogP contribution is 2.45. The van der Waals surface area contributed by atoms with Gasteiger partial charge >= 0.3 is 12.5 Å². The number of rotatable bonds is 10. The zero-order valence-electron chi connectivity index (χ0n) is 18.3. The summed E-state index contributed by atoms with van der Waals surface area (Å²) in [6.45, 7) is -0.793. The van der Waals surface area contributed by atoms with Crippen molar-refractivity contribution in [2.75, 3.05) is 0 Å². The molecule has 0 saturated carbocycles. The molecule has 0 spiro atoms. The molecule has 1 atom stereocenters. The van der Waals surface area contributed by atoms with Crippen molar-refractivity contribution in [1.29, 1.82) is 0 Å². The second kappa shape index (κ2) is 10.6. The van der Waals surface area contributed by atoms with E-state index in [1.54, 1.807) is 0 Å². The van der Waals surface area contributed by atoms with E-state index in [1.165, 1.54) is 24.3 Å². The topological polar surface area (TPSA) is 99.1 Å². The molecule has 3 rings (SSSR count). The Hall–Kier alpha value is -4.13. The first-order valence-corrected chi connectivity index (χ1v) is 10.1. The van der Waals surface area contributed by atoms with Crippen LogP contribution in [0.15, 0.2) is 79.3 Å². The molecule has 3 N–H and O–H groups in total. The average molecular weight is 511 g/mol. The molecule has 3 aromatic rings. The lowest BCUT2D eigenvalue weighted by atomic mass is 9.82. The van der Waals surface area contributed by atoms with Gasteiger partial charge in [0, 0.05) is 23.4 Å². The smallest absolute Gasteiger partial charge is 0.387 e. The van der Waals surface area contributed by atoms with Crippen LogP contribution < -0.4 is 10.5 Å². The lowest BCUT2D eigenvalue weighted by molar-refractivity contribution is -0.172.